The predicted molar refractivity (Wildman–Crippen MR) is 143 cm³/mol. The van der Waals surface area contributed by atoms with Crippen molar-refractivity contribution in [3.05, 3.63) is 86.9 Å². The molecule has 9 nitrogen and oxygen atoms in total. The minimum Gasteiger partial charge on any atom is -0.507 e. The zero-order valence-electron chi connectivity index (χ0n) is 20.8. The number of aliphatic hydroxyl groups is 1. The number of methoxy groups -OCH3 is 2. The van der Waals surface area contributed by atoms with E-state index in [9.17, 15) is 24.8 Å². The fourth-order valence-electron chi connectivity index (χ4n) is 4.32. The minimum atomic E-state index is -1.17. The van der Waals surface area contributed by atoms with Crippen molar-refractivity contribution in [1.29, 1.82) is 5.26 Å². The molecule has 39 heavy (non-hydrogen) atoms. The molecule has 1 fully saturated rings. The van der Waals surface area contributed by atoms with Crippen molar-refractivity contribution < 1.29 is 33.7 Å². The largest absolute Gasteiger partial charge is 0.507 e. The lowest BCUT2D eigenvalue weighted by Gasteiger charge is -2.26. The maximum atomic E-state index is 13.5. The fraction of sp³-hybridized carbons (Fsp3) is 0.143. The van der Waals surface area contributed by atoms with Gasteiger partial charge in [-0.2, -0.15) is 5.26 Å². The number of carbonyl (C=O) groups excluding carboxylic acids is 3. The van der Waals surface area contributed by atoms with Crippen LogP contribution in [0.2, 0.25) is 10.0 Å². The summed E-state index contributed by atoms with van der Waals surface area (Å²) in [5, 5.41) is 20.7. The molecular weight excluding hydrogens is 547 g/mol. The molecular formula is C28H20Cl2N2O7. The molecule has 1 aliphatic rings. The van der Waals surface area contributed by atoms with E-state index in [-0.39, 0.29) is 44.1 Å². The highest BCUT2D eigenvalue weighted by atomic mass is 35.5. The van der Waals surface area contributed by atoms with E-state index < -0.39 is 29.5 Å². The van der Waals surface area contributed by atoms with Gasteiger partial charge < -0.3 is 19.3 Å². The van der Waals surface area contributed by atoms with Crippen LogP contribution in [0.1, 0.15) is 29.7 Å². The molecule has 1 heterocycles. The van der Waals surface area contributed by atoms with Gasteiger partial charge in [-0.3, -0.25) is 19.3 Å². The van der Waals surface area contributed by atoms with Crippen molar-refractivity contribution in [2.45, 2.75) is 13.0 Å². The molecule has 0 aliphatic carbocycles. The molecule has 0 bridgehead atoms. The van der Waals surface area contributed by atoms with Crippen molar-refractivity contribution in [1.82, 2.24) is 0 Å². The van der Waals surface area contributed by atoms with Crippen molar-refractivity contribution in [3.8, 4) is 23.3 Å². The Bertz CT molecular complexity index is 1580. The van der Waals surface area contributed by atoms with Gasteiger partial charge in [0.15, 0.2) is 11.5 Å². The van der Waals surface area contributed by atoms with Gasteiger partial charge in [0.2, 0.25) is 0 Å². The number of anilines is 1. The predicted octanol–water partition coefficient (Wildman–Crippen LogP) is 5.43. The number of halogens is 2. The molecule has 1 aliphatic heterocycles. The van der Waals surface area contributed by atoms with E-state index in [0.29, 0.717) is 11.1 Å². The molecule has 1 amide bonds. The van der Waals surface area contributed by atoms with Crippen molar-refractivity contribution >= 4 is 52.3 Å². The monoisotopic (exact) mass is 566 g/mol. The van der Waals surface area contributed by atoms with Crippen LogP contribution in [0.3, 0.4) is 0 Å². The van der Waals surface area contributed by atoms with Crippen LogP contribution in [0, 0.1) is 11.3 Å². The number of carbonyl (C=O) groups is 3. The first-order valence-corrected chi connectivity index (χ1v) is 12.1. The first-order chi connectivity index (χ1) is 18.6. The summed E-state index contributed by atoms with van der Waals surface area (Å²) in [6.45, 7) is 1.24. The topological polar surface area (TPSA) is 126 Å². The molecule has 3 aromatic carbocycles. The molecule has 11 heteroatoms. The first-order valence-electron chi connectivity index (χ1n) is 11.3. The highest BCUT2D eigenvalue weighted by molar-refractivity contribution is 6.52. The Balaban J connectivity index is 2.01. The van der Waals surface area contributed by atoms with Crippen LogP contribution < -0.4 is 19.1 Å². The summed E-state index contributed by atoms with van der Waals surface area (Å²) in [6, 6.07) is 14.3. The van der Waals surface area contributed by atoms with Crippen LogP contribution in [-0.4, -0.2) is 37.0 Å². The number of nitrogens with zero attached hydrogens (tertiary/aromatic N) is 2. The van der Waals surface area contributed by atoms with Gasteiger partial charge >= 0.3 is 5.97 Å². The van der Waals surface area contributed by atoms with Crippen molar-refractivity contribution in [3.63, 3.8) is 0 Å². The number of hydrogen-bond donors (Lipinski definition) is 1. The maximum absolute atomic E-state index is 13.5. The van der Waals surface area contributed by atoms with E-state index in [1.807, 2.05) is 6.07 Å². The van der Waals surface area contributed by atoms with E-state index in [1.165, 1.54) is 68.5 Å². The van der Waals surface area contributed by atoms with Gasteiger partial charge in [-0.25, -0.2) is 0 Å². The number of aliphatic hydroxyl groups excluding tert-OH is 1. The summed E-state index contributed by atoms with van der Waals surface area (Å²) in [4.78, 5) is 39.7. The smallest absolute Gasteiger partial charge is 0.308 e. The molecule has 1 saturated heterocycles. The number of hydrogen-bond acceptors (Lipinski definition) is 8. The minimum absolute atomic E-state index is 0.0274. The van der Waals surface area contributed by atoms with Gasteiger partial charge in [-0.15, -0.1) is 0 Å². The molecule has 0 radical (unpaired) electrons. The quantitative estimate of drug-likeness (QED) is 0.137. The first kappa shape index (κ1) is 27.5. The average Bonchev–Trinajstić information content (AvgIpc) is 3.18. The van der Waals surface area contributed by atoms with Gasteiger partial charge in [0.1, 0.15) is 16.5 Å². The Kier molecular flexibility index (Phi) is 7.81. The number of esters is 1. The molecule has 0 spiro atoms. The highest BCUT2D eigenvalue weighted by Crippen LogP contribution is 2.48. The van der Waals surface area contributed by atoms with E-state index in [4.69, 9.17) is 37.4 Å². The van der Waals surface area contributed by atoms with Crippen LogP contribution in [0.25, 0.3) is 5.76 Å². The summed E-state index contributed by atoms with van der Waals surface area (Å²) in [5.74, 6) is -2.88. The Morgan fingerprint density at radius 3 is 2.28 bits per heavy atom. The number of ketones is 1. The Morgan fingerprint density at radius 2 is 1.69 bits per heavy atom. The Hall–Kier alpha value is -4.52. The second kappa shape index (κ2) is 11.1. The van der Waals surface area contributed by atoms with Crippen LogP contribution in [-0.2, 0) is 14.4 Å². The third kappa shape index (κ3) is 5.00. The number of ether oxygens (including phenoxy) is 3. The second-order valence-electron chi connectivity index (χ2n) is 8.28. The molecule has 1 unspecified atom stereocenters. The molecule has 1 atom stereocenters. The third-order valence-corrected chi connectivity index (χ3v) is 6.57. The standard InChI is InChI=1S/C28H20Cl2N2O7/c1-14(33)39-18-6-4-5-16(11-18)23-21(24(34)19-12-20(29)27(38-3)22(30)26(19)37-2)25(35)28(36)32(23)17-9-7-15(13-31)8-10-17/h4-12,23,34H,1-3H3/b24-21+. The number of Topliss-reactive ketones (excluding diaryl/α,β-unsaturated/α-hetero) is 1. The Labute approximate surface area is 233 Å². The van der Waals surface area contributed by atoms with E-state index in [1.54, 1.807) is 12.1 Å². The summed E-state index contributed by atoms with van der Waals surface area (Å²) >= 11 is 12.7. The highest BCUT2D eigenvalue weighted by Gasteiger charge is 2.47. The lowest BCUT2D eigenvalue weighted by atomic mass is 9.94. The van der Waals surface area contributed by atoms with Crippen molar-refractivity contribution in [2.75, 3.05) is 19.1 Å². The zero-order valence-corrected chi connectivity index (χ0v) is 22.3. The molecule has 3 aromatic rings. The normalized spacial score (nSPS) is 16.1. The van der Waals surface area contributed by atoms with Gasteiger partial charge in [0.25, 0.3) is 11.7 Å². The summed E-state index contributed by atoms with van der Waals surface area (Å²) in [6.07, 6.45) is 0. The number of nitriles is 1. The van der Waals surface area contributed by atoms with Crippen LogP contribution in [0.5, 0.6) is 17.2 Å². The Morgan fingerprint density at radius 1 is 1.03 bits per heavy atom. The van der Waals surface area contributed by atoms with E-state index in [2.05, 4.69) is 0 Å². The lowest BCUT2D eigenvalue weighted by molar-refractivity contribution is -0.132. The number of amides is 1. The number of benzene rings is 3. The third-order valence-electron chi connectivity index (χ3n) is 5.95. The summed E-state index contributed by atoms with van der Waals surface area (Å²) in [7, 11) is 2.66. The molecule has 1 N–H and O–H groups in total. The van der Waals surface area contributed by atoms with Crippen molar-refractivity contribution in [2.24, 2.45) is 0 Å². The summed E-state index contributed by atoms with van der Waals surface area (Å²) < 4.78 is 15.8. The molecule has 0 saturated carbocycles. The second-order valence-corrected chi connectivity index (χ2v) is 9.07. The van der Waals surface area contributed by atoms with Crippen LogP contribution >= 0.6 is 23.2 Å². The van der Waals surface area contributed by atoms with Gasteiger partial charge in [-0.05, 0) is 48.0 Å². The van der Waals surface area contributed by atoms with Crippen LogP contribution in [0.15, 0.2) is 60.2 Å². The number of rotatable bonds is 6. The van der Waals surface area contributed by atoms with Crippen LogP contribution in [0.4, 0.5) is 5.69 Å². The average molecular weight is 567 g/mol. The van der Waals surface area contributed by atoms with Gasteiger partial charge in [0, 0.05) is 12.6 Å². The molecule has 0 aromatic heterocycles. The summed E-state index contributed by atoms with van der Waals surface area (Å²) in [5.41, 5.74) is 0.641. The van der Waals surface area contributed by atoms with Gasteiger partial charge in [0.05, 0.1) is 48.1 Å². The van der Waals surface area contributed by atoms with E-state index in [0.717, 1.165) is 0 Å². The fourth-order valence-corrected chi connectivity index (χ4v) is 5.00. The lowest BCUT2D eigenvalue weighted by Crippen LogP contribution is -2.29. The zero-order chi connectivity index (χ0) is 28.4. The molecule has 4 rings (SSSR count). The SMILES string of the molecule is COc1c(Cl)cc(/C(O)=C2\C(=O)C(=O)N(c3ccc(C#N)cc3)C2c2cccc(OC(C)=O)c2)c(OC)c1Cl. The van der Waals surface area contributed by atoms with E-state index >= 15 is 0 Å². The van der Waals surface area contributed by atoms with Gasteiger partial charge in [-0.1, -0.05) is 35.3 Å². The molecule has 198 valence electrons. The maximum Gasteiger partial charge on any atom is 0.308 e.